The summed E-state index contributed by atoms with van der Waals surface area (Å²) in [5.74, 6) is -0.443. The molecular formula is C33H65N3O5. The van der Waals surface area contributed by atoms with E-state index in [9.17, 15) is 14.4 Å². The van der Waals surface area contributed by atoms with Gasteiger partial charge in [0.2, 0.25) is 11.8 Å². The van der Waals surface area contributed by atoms with Crippen molar-refractivity contribution in [1.29, 1.82) is 0 Å². The largest absolute Gasteiger partial charge is 0.354 e. The predicted octanol–water partition coefficient (Wildman–Crippen LogP) is 6.31. The van der Waals surface area contributed by atoms with Crippen LogP contribution in [0.1, 0.15) is 140 Å². The molecule has 8 heteroatoms. The summed E-state index contributed by atoms with van der Waals surface area (Å²) in [5, 5.41) is 9.16. The minimum Gasteiger partial charge on any atom is -0.354 e. The fourth-order valence-corrected chi connectivity index (χ4v) is 4.08. The number of carbonyl (C=O) groups is 3. The van der Waals surface area contributed by atoms with Crippen molar-refractivity contribution >= 4 is 17.6 Å². The Hall–Kier alpha value is -1.51. The van der Waals surface area contributed by atoms with Crippen molar-refractivity contribution in [2.45, 2.75) is 151 Å². The van der Waals surface area contributed by atoms with Gasteiger partial charge in [0.25, 0.3) is 0 Å². The Balaban J connectivity index is 3.99. The maximum Gasteiger partial charge on any atom is 0.221 e. The second-order valence-electron chi connectivity index (χ2n) is 14.5. The molecule has 242 valence electrons. The van der Waals surface area contributed by atoms with Crippen molar-refractivity contribution in [3.8, 4) is 0 Å². The zero-order valence-corrected chi connectivity index (χ0v) is 28.4. The maximum atomic E-state index is 12.2. The van der Waals surface area contributed by atoms with Gasteiger partial charge in [0.15, 0.2) is 5.79 Å². The molecule has 0 aromatic carbocycles. The summed E-state index contributed by atoms with van der Waals surface area (Å²) in [7, 11) is 0. The molecule has 41 heavy (non-hydrogen) atoms. The summed E-state index contributed by atoms with van der Waals surface area (Å²) in [6, 6.07) is 0. The Kier molecular flexibility index (Phi) is 18.9. The van der Waals surface area contributed by atoms with Crippen molar-refractivity contribution in [3.05, 3.63) is 0 Å². The number of ketones is 1. The first-order valence-corrected chi connectivity index (χ1v) is 16.0. The molecule has 1 unspecified atom stereocenters. The van der Waals surface area contributed by atoms with E-state index in [1.165, 1.54) is 19.3 Å². The minimum atomic E-state index is -0.849. The van der Waals surface area contributed by atoms with E-state index in [-0.39, 0.29) is 28.2 Å². The van der Waals surface area contributed by atoms with E-state index in [1.54, 1.807) is 0 Å². The number of nitrogens with one attached hydrogen (secondary N) is 3. The lowest BCUT2D eigenvalue weighted by atomic mass is 9.86. The van der Waals surface area contributed by atoms with Crippen LogP contribution in [-0.2, 0) is 23.9 Å². The Morgan fingerprint density at radius 1 is 0.537 bits per heavy atom. The van der Waals surface area contributed by atoms with E-state index >= 15 is 0 Å². The third kappa shape index (κ3) is 20.9. The van der Waals surface area contributed by atoms with Crippen LogP contribution in [-0.4, -0.2) is 61.8 Å². The normalized spacial score (nSPS) is 14.0. The first-order chi connectivity index (χ1) is 18.9. The van der Waals surface area contributed by atoms with Crippen molar-refractivity contribution in [3.63, 3.8) is 0 Å². The molecule has 0 radical (unpaired) electrons. The molecule has 0 aliphatic carbocycles. The second kappa shape index (κ2) is 19.6. The summed E-state index contributed by atoms with van der Waals surface area (Å²) < 4.78 is 12.2. The van der Waals surface area contributed by atoms with E-state index < -0.39 is 5.79 Å². The number of rotatable bonds is 22. The van der Waals surface area contributed by atoms with Gasteiger partial charge in [-0.05, 0) is 40.5 Å². The Morgan fingerprint density at radius 3 is 1.37 bits per heavy atom. The Labute approximate surface area is 252 Å². The fourth-order valence-electron chi connectivity index (χ4n) is 4.08. The molecule has 0 fully saturated rings. The van der Waals surface area contributed by atoms with Gasteiger partial charge in [-0.15, -0.1) is 0 Å². The summed E-state index contributed by atoms with van der Waals surface area (Å²) in [4.78, 5) is 36.2. The molecule has 0 aromatic rings. The lowest BCUT2D eigenvalue weighted by Crippen LogP contribution is -2.48. The number of Topliss-reactive ketones (excluding diaryl/α,β-unsaturated/α-hetero) is 1. The van der Waals surface area contributed by atoms with Gasteiger partial charge in [0, 0.05) is 55.3 Å². The van der Waals surface area contributed by atoms with Crippen molar-refractivity contribution in [1.82, 2.24) is 16.0 Å². The molecule has 3 N–H and O–H groups in total. The van der Waals surface area contributed by atoms with Crippen molar-refractivity contribution in [2.75, 3.05) is 32.8 Å². The Bertz CT molecular complexity index is 749. The third-order valence-electron chi connectivity index (χ3n) is 7.37. The van der Waals surface area contributed by atoms with Gasteiger partial charge in [0.1, 0.15) is 5.78 Å². The molecule has 1 atom stereocenters. The molecule has 0 spiro atoms. The molecule has 8 nitrogen and oxygen atoms in total. The van der Waals surface area contributed by atoms with Crippen LogP contribution in [0, 0.1) is 10.8 Å². The first kappa shape index (κ1) is 39.5. The van der Waals surface area contributed by atoms with E-state index in [2.05, 4.69) is 57.5 Å². The number of amides is 2. The highest BCUT2D eigenvalue weighted by Crippen LogP contribution is 2.34. The summed E-state index contributed by atoms with van der Waals surface area (Å²) in [6.07, 6.45) is 10.4. The highest BCUT2D eigenvalue weighted by molar-refractivity contribution is 5.83. The molecule has 0 aromatic heterocycles. The van der Waals surface area contributed by atoms with Crippen LogP contribution in [0.3, 0.4) is 0 Å². The number of unbranched alkanes of at least 4 members (excludes halogenated alkanes) is 7. The molecule has 0 saturated carbocycles. The second-order valence-corrected chi connectivity index (χ2v) is 14.5. The van der Waals surface area contributed by atoms with Crippen LogP contribution >= 0.6 is 0 Å². The number of carbonyl (C=O) groups excluding carboxylic acids is 3. The first-order valence-electron chi connectivity index (χ1n) is 16.0. The predicted molar refractivity (Wildman–Crippen MR) is 169 cm³/mol. The van der Waals surface area contributed by atoms with Gasteiger partial charge < -0.3 is 25.4 Å². The number of hydrogen-bond donors (Lipinski definition) is 3. The van der Waals surface area contributed by atoms with Crippen LogP contribution < -0.4 is 16.0 Å². The third-order valence-corrected chi connectivity index (χ3v) is 7.37. The van der Waals surface area contributed by atoms with Crippen molar-refractivity contribution in [2.24, 2.45) is 10.8 Å². The highest BCUT2D eigenvalue weighted by Gasteiger charge is 2.39. The van der Waals surface area contributed by atoms with Crippen LogP contribution in [0.2, 0.25) is 0 Å². The topological polar surface area (TPSA) is 106 Å². The smallest absolute Gasteiger partial charge is 0.221 e. The summed E-state index contributed by atoms with van der Waals surface area (Å²) in [6.45, 7) is 22.4. The molecule has 0 aliphatic rings. The van der Waals surface area contributed by atoms with Crippen LogP contribution in [0.15, 0.2) is 0 Å². The van der Waals surface area contributed by atoms with Gasteiger partial charge in [-0.2, -0.15) is 0 Å². The van der Waals surface area contributed by atoms with Gasteiger partial charge in [-0.25, -0.2) is 0 Å². The van der Waals surface area contributed by atoms with Crippen LogP contribution in [0.4, 0.5) is 0 Å². The van der Waals surface area contributed by atoms with E-state index in [1.807, 2.05) is 27.7 Å². The summed E-state index contributed by atoms with van der Waals surface area (Å²) in [5.41, 5.74) is -0.515. The highest BCUT2D eigenvalue weighted by atomic mass is 16.7. The average molecular weight is 584 g/mol. The molecule has 0 aliphatic heterocycles. The molecule has 2 amide bonds. The number of ether oxygens (including phenoxy) is 2. The van der Waals surface area contributed by atoms with Gasteiger partial charge >= 0.3 is 0 Å². The van der Waals surface area contributed by atoms with E-state index in [4.69, 9.17) is 9.47 Å². The fraction of sp³-hybridized carbons (Fsp3) is 0.909. The maximum absolute atomic E-state index is 12.2. The SMILES string of the molecule is CC(C)(C)NCCC(=O)NCCOC(C)(OCCNC(=O)CCCCCCCCCCC(=O)C(C)(C)C)C(C)(C)C. The zero-order chi connectivity index (χ0) is 31.6. The monoisotopic (exact) mass is 583 g/mol. The minimum absolute atomic E-state index is 0.00718. The summed E-state index contributed by atoms with van der Waals surface area (Å²) >= 11 is 0. The van der Waals surface area contributed by atoms with Gasteiger partial charge in [-0.3, -0.25) is 14.4 Å². The molecule has 0 rings (SSSR count). The number of hydrogen-bond acceptors (Lipinski definition) is 6. The lowest BCUT2D eigenvalue weighted by molar-refractivity contribution is -0.276. The quantitative estimate of drug-likeness (QED) is 0.102. The molecule has 0 bridgehead atoms. The molecule has 0 heterocycles. The lowest BCUT2D eigenvalue weighted by Gasteiger charge is -2.41. The van der Waals surface area contributed by atoms with Crippen LogP contribution in [0.25, 0.3) is 0 Å². The Morgan fingerprint density at radius 2 is 0.951 bits per heavy atom. The van der Waals surface area contributed by atoms with Gasteiger partial charge in [0.05, 0.1) is 13.2 Å². The van der Waals surface area contributed by atoms with Gasteiger partial charge in [-0.1, -0.05) is 80.1 Å². The molecular weight excluding hydrogens is 518 g/mol. The average Bonchev–Trinajstić information content (AvgIpc) is 2.83. The van der Waals surface area contributed by atoms with Crippen LogP contribution in [0.5, 0.6) is 0 Å². The van der Waals surface area contributed by atoms with Crippen molar-refractivity contribution < 1.29 is 23.9 Å². The molecule has 0 saturated heterocycles. The standard InChI is InChI=1S/C33H65N3O5/c1-30(2,3)27(37)19-17-15-13-11-12-14-16-18-20-28(38)34-23-25-40-33(10,31(4,5)6)41-26-24-35-29(39)21-22-36-32(7,8)9/h36H,11-26H2,1-10H3,(H,34,38)(H,35,39). The van der Waals surface area contributed by atoms with E-state index in [0.717, 1.165) is 32.1 Å². The zero-order valence-electron chi connectivity index (χ0n) is 28.4. The van der Waals surface area contributed by atoms with E-state index in [0.29, 0.717) is 57.9 Å².